The molecule has 1 unspecified atom stereocenters. The highest BCUT2D eigenvalue weighted by Crippen LogP contribution is 2.36. The van der Waals surface area contributed by atoms with Crippen LogP contribution in [0.15, 0.2) is 79.0 Å². The highest BCUT2D eigenvalue weighted by molar-refractivity contribution is 6.25. The third-order valence-electron chi connectivity index (χ3n) is 11.9. The lowest BCUT2D eigenvalue weighted by Gasteiger charge is -2.35. The Morgan fingerprint density at radius 1 is 0.836 bits per heavy atom. The largest absolute Gasteiger partial charge is 0.384 e. The monoisotopic (exact) mass is 827 g/mol. The van der Waals surface area contributed by atoms with Gasteiger partial charge >= 0.3 is 0 Å². The number of unbranched alkanes of at least 4 members (excludes halogenated alkanes) is 1. The number of pyridine rings is 1. The second-order valence-electron chi connectivity index (χ2n) is 15.8. The molecule has 7 heterocycles. The molecule has 3 saturated heterocycles. The second-order valence-corrected chi connectivity index (χ2v) is 15.8. The number of halogens is 1. The molecule has 17 heteroatoms. The lowest BCUT2D eigenvalue weighted by Crippen LogP contribution is -2.54. The standard InChI is InChI=1S/C44H46FN11O5/c45-29-8-3-7-28(25-29)33-12-6-20-54(33)38-16-15-36-48-26-35(56(36)51-38)31-10-5-13-37(49-31)53-23-21-52(22-24-53)27-40(58)47-19-2-1-18-46-32-11-4-9-30-41(32)44(61)55(43(30)60)34-14-17-39(57)50-42(34)59/h3-5,7-11,13,15-16,25-26,33-34,46H,1-2,6,12,14,17-24,27H2,(H,47,58)(H,50,57,59)/t33-,34?/m1/s1. The maximum Gasteiger partial charge on any atom is 0.264 e. The maximum absolute atomic E-state index is 14.1. The van der Waals surface area contributed by atoms with Gasteiger partial charge in [-0.2, -0.15) is 0 Å². The van der Waals surface area contributed by atoms with E-state index in [4.69, 9.17) is 10.1 Å². The SMILES string of the molecule is O=C(CN1CCN(c2cccc(-c3cnc4ccc(N5CCC[C@@H]5c5cccc(F)c5)nn34)n2)CC1)NCCCCNc1cccc2c1C(=O)N(C1CCC(=O)NC1=O)C2=O. The van der Waals surface area contributed by atoms with Gasteiger partial charge in [-0.25, -0.2) is 18.9 Å². The lowest BCUT2D eigenvalue weighted by molar-refractivity contribution is -0.136. The van der Waals surface area contributed by atoms with Crippen molar-refractivity contribution < 1.29 is 28.4 Å². The normalized spacial score (nSPS) is 19.5. The number of hydrogen-bond donors (Lipinski definition) is 3. The van der Waals surface area contributed by atoms with Crippen molar-refractivity contribution in [2.45, 2.75) is 50.6 Å². The first-order valence-corrected chi connectivity index (χ1v) is 20.9. The Hall–Kier alpha value is -6.75. The van der Waals surface area contributed by atoms with Crippen LogP contribution in [0, 0.1) is 5.82 Å². The molecule has 4 aliphatic rings. The molecular formula is C44H46FN11O5. The summed E-state index contributed by atoms with van der Waals surface area (Å²) in [6.45, 7) is 4.96. The van der Waals surface area contributed by atoms with Gasteiger partial charge in [-0.1, -0.05) is 24.3 Å². The van der Waals surface area contributed by atoms with Gasteiger partial charge in [0, 0.05) is 57.9 Å². The van der Waals surface area contributed by atoms with E-state index < -0.39 is 29.7 Å². The van der Waals surface area contributed by atoms with Gasteiger partial charge in [0.15, 0.2) is 5.65 Å². The predicted octanol–water partition coefficient (Wildman–Crippen LogP) is 3.80. The summed E-state index contributed by atoms with van der Waals surface area (Å²) in [7, 11) is 0. The number of aromatic nitrogens is 4. The Balaban J connectivity index is 0.733. The van der Waals surface area contributed by atoms with Crippen LogP contribution in [0.4, 0.5) is 21.7 Å². The fourth-order valence-corrected chi connectivity index (χ4v) is 8.79. The van der Waals surface area contributed by atoms with Crippen molar-refractivity contribution in [2.24, 2.45) is 0 Å². The number of carbonyl (C=O) groups is 5. The van der Waals surface area contributed by atoms with E-state index in [0.29, 0.717) is 70.0 Å². The summed E-state index contributed by atoms with van der Waals surface area (Å²) in [5.41, 5.74) is 4.14. The zero-order valence-electron chi connectivity index (χ0n) is 33.6. The molecule has 4 aliphatic heterocycles. The van der Waals surface area contributed by atoms with Gasteiger partial charge in [0.2, 0.25) is 17.7 Å². The number of piperazine rings is 1. The van der Waals surface area contributed by atoms with Crippen LogP contribution in [-0.4, -0.2) is 117 Å². The first-order chi connectivity index (χ1) is 29.7. The highest BCUT2D eigenvalue weighted by atomic mass is 19.1. The van der Waals surface area contributed by atoms with E-state index in [2.05, 4.69) is 35.6 Å². The number of benzene rings is 2. The topological polar surface area (TPSA) is 177 Å². The Kier molecular flexibility index (Phi) is 11.1. The van der Waals surface area contributed by atoms with Crippen molar-refractivity contribution in [1.29, 1.82) is 0 Å². The first kappa shape index (κ1) is 39.7. The third kappa shape index (κ3) is 8.12. The molecule has 3 fully saturated rings. The number of imidazole rings is 1. The molecule has 314 valence electrons. The number of carbonyl (C=O) groups excluding carboxylic acids is 5. The van der Waals surface area contributed by atoms with Gasteiger partial charge in [-0.15, -0.1) is 5.10 Å². The number of anilines is 3. The molecule has 9 rings (SSSR count). The summed E-state index contributed by atoms with van der Waals surface area (Å²) in [5, 5.41) is 13.5. The Labute approximate surface area is 351 Å². The minimum Gasteiger partial charge on any atom is -0.384 e. The Morgan fingerprint density at radius 3 is 2.49 bits per heavy atom. The van der Waals surface area contributed by atoms with Crippen LogP contribution >= 0.6 is 0 Å². The molecule has 2 atom stereocenters. The molecule has 5 aromatic rings. The van der Waals surface area contributed by atoms with Crippen molar-refractivity contribution in [2.75, 3.05) is 67.5 Å². The van der Waals surface area contributed by atoms with Gasteiger partial charge in [0.05, 0.1) is 35.6 Å². The van der Waals surface area contributed by atoms with Crippen LogP contribution < -0.4 is 25.8 Å². The molecule has 0 radical (unpaired) electrons. The number of piperidine rings is 1. The second kappa shape index (κ2) is 17.1. The Morgan fingerprint density at radius 2 is 1.66 bits per heavy atom. The van der Waals surface area contributed by atoms with E-state index in [1.807, 2.05) is 40.9 Å². The predicted molar refractivity (Wildman–Crippen MR) is 224 cm³/mol. The smallest absolute Gasteiger partial charge is 0.264 e. The molecule has 5 amide bonds. The number of fused-ring (bicyclic) bond motifs is 2. The molecule has 16 nitrogen and oxygen atoms in total. The maximum atomic E-state index is 14.1. The van der Waals surface area contributed by atoms with Crippen LogP contribution in [0.3, 0.4) is 0 Å². The number of imide groups is 2. The average molecular weight is 828 g/mol. The number of hydrogen-bond acceptors (Lipinski definition) is 12. The molecular weight excluding hydrogens is 782 g/mol. The Bertz CT molecular complexity index is 2520. The van der Waals surface area contributed by atoms with Gasteiger partial charge in [0.1, 0.15) is 29.2 Å². The molecule has 61 heavy (non-hydrogen) atoms. The molecule has 3 aromatic heterocycles. The molecule has 0 saturated carbocycles. The summed E-state index contributed by atoms with van der Waals surface area (Å²) in [5.74, 6) is -0.798. The van der Waals surface area contributed by atoms with Crippen LogP contribution in [0.1, 0.15) is 70.8 Å². The highest BCUT2D eigenvalue weighted by Gasteiger charge is 2.45. The van der Waals surface area contributed by atoms with Crippen molar-refractivity contribution in [3.63, 3.8) is 0 Å². The van der Waals surface area contributed by atoms with E-state index >= 15 is 0 Å². The van der Waals surface area contributed by atoms with Crippen molar-refractivity contribution >= 4 is 52.5 Å². The number of nitrogens with zero attached hydrogens (tertiary/aromatic N) is 8. The van der Waals surface area contributed by atoms with Crippen molar-refractivity contribution in [1.82, 2.24) is 40.0 Å². The fraction of sp³-hybridized carbons (Fsp3) is 0.364. The zero-order valence-corrected chi connectivity index (χ0v) is 33.6. The van der Waals surface area contributed by atoms with Gasteiger partial charge < -0.3 is 20.4 Å². The fourth-order valence-electron chi connectivity index (χ4n) is 8.79. The van der Waals surface area contributed by atoms with Gasteiger partial charge in [-0.3, -0.25) is 39.1 Å². The number of nitrogens with one attached hydrogen (secondary N) is 3. The summed E-state index contributed by atoms with van der Waals surface area (Å²) in [6.07, 6.45) is 5.27. The van der Waals surface area contributed by atoms with E-state index in [9.17, 15) is 28.4 Å². The molecule has 2 aromatic carbocycles. The molecule has 0 bridgehead atoms. The van der Waals surface area contributed by atoms with Gasteiger partial charge in [-0.05, 0) is 86.2 Å². The van der Waals surface area contributed by atoms with Crippen molar-refractivity contribution in [3.8, 4) is 11.4 Å². The van der Waals surface area contributed by atoms with Crippen LogP contribution in [-0.2, 0) is 14.4 Å². The van der Waals surface area contributed by atoms with E-state index in [-0.39, 0.29) is 41.7 Å². The zero-order chi connectivity index (χ0) is 42.0. The minimum absolute atomic E-state index is 0.0454. The number of amides is 5. The quantitative estimate of drug-likeness (QED) is 0.116. The molecule has 0 aliphatic carbocycles. The minimum atomic E-state index is -1.02. The summed E-state index contributed by atoms with van der Waals surface area (Å²) in [4.78, 5) is 80.5. The first-order valence-electron chi connectivity index (χ1n) is 20.9. The summed E-state index contributed by atoms with van der Waals surface area (Å²) in [6, 6.07) is 20.7. The van der Waals surface area contributed by atoms with Gasteiger partial charge in [0.25, 0.3) is 11.8 Å². The van der Waals surface area contributed by atoms with E-state index in [1.165, 1.54) is 6.07 Å². The van der Waals surface area contributed by atoms with Crippen LogP contribution in [0.2, 0.25) is 0 Å². The van der Waals surface area contributed by atoms with E-state index in [0.717, 1.165) is 52.9 Å². The van der Waals surface area contributed by atoms with Crippen LogP contribution in [0.25, 0.3) is 17.0 Å². The molecule has 3 N–H and O–H groups in total. The third-order valence-corrected chi connectivity index (χ3v) is 11.9. The lowest BCUT2D eigenvalue weighted by atomic mass is 10.0. The average Bonchev–Trinajstić information content (AvgIpc) is 3.99. The van der Waals surface area contributed by atoms with Crippen molar-refractivity contribution in [3.05, 3.63) is 102 Å². The summed E-state index contributed by atoms with van der Waals surface area (Å²) >= 11 is 0. The van der Waals surface area contributed by atoms with Crippen LogP contribution in [0.5, 0.6) is 0 Å². The van der Waals surface area contributed by atoms with E-state index in [1.54, 1.807) is 36.5 Å². The number of rotatable bonds is 13. The summed E-state index contributed by atoms with van der Waals surface area (Å²) < 4.78 is 15.9. The molecule has 0 spiro atoms.